The number of carbonyl (C=O) groups excluding carboxylic acids is 1. The van der Waals surface area contributed by atoms with E-state index in [9.17, 15) is 31.5 Å². The molecule has 2 aromatic heterocycles. The van der Waals surface area contributed by atoms with Gasteiger partial charge in [-0.3, -0.25) is 14.2 Å². The van der Waals surface area contributed by atoms with Crippen molar-refractivity contribution in [2.45, 2.75) is 43.8 Å². The minimum atomic E-state index is -4.51. The molecule has 0 spiro atoms. The number of carbonyl (C=O) groups is 1. The molecule has 11 heteroatoms. The van der Waals surface area contributed by atoms with Gasteiger partial charge in [0.2, 0.25) is 5.43 Å². The van der Waals surface area contributed by atoms with Crippen molar-refractivity contribution in [2.24, 2.45) is 17.8 Å². The maximum Gasteiger partial charge on any atom is 0.405 e. The number of hydrogen-bond donors (Lipinski definition) is 2. The number of benzene rings is 1. The van der Waals surface area contributed by atoms with E-state index >= 15 is 0 Å². The number of halogens is 5. The molecule has 4 saturated carbocycles. The van der Waals surface area contributed by atoms with Gasteiger partial charge in [-0.1, -0.05) is 0 Å². The molecule has 0 aliphatic heterocycles. The van der Waals surface area contributed by atoms with E-state index < -0.39 is 35.7 Å². The normalized spacial score (nSPS) is 26.1. The molecule has 2 unspecified atom stereocenters. The Morgan fingerprint density at radius 2 is 1.81 bits per heavy atom. The highest BCUT2D eigenvalue weighted by atomic mass is 19.4. The second-order valence-corrected chi connectivity index (χ2v) is 10.6. The van der Waals surface area contributed by atoms with Gasteiger partial charge in [0.25, 0.3) is 5.91 Å². The van der Waals surface area contributed by atoms with Crippen LogP contribution in [0.1, 0.15) is 42.5 Å². The molecule has 7 rings (SSSR count). The standard InChI is InChI=1S/C26H23F5N4O2/c27-16-1-3-20(19(28)7-16)35-11-18(24(37)34-25-8-13-5-14(9-25)15(6-13)10-25)22(36)17-2-4-21(33-23(17)35)32-12-26(29,30)31/h1-4,7,11,13-15H,5-6,8-10,12H2,(H,32,33)(H,34,37). The molecule has 4 bridgehead atoms. The Morgan fingerprint density at radius 3 is 2.46 bits per heavy atom. The lowest BCUT2D eigenvalue weighted by atomic mass is 9.75. The smallest absolute Gasteiger partial charge is 0.361 e. The van der Waals surface area contributed by atoms with Crippen LogP contribution in [0.5, 0.6) is 0 Å². The van der Waals surface area contributed by atoms with Crippen molar-refractivity contribution >= 4 is 22.8 Å². The predicted molar refractivity (Wildman–Crippen MR) is 126 cm³/mol. The Morgan fingerprint density at radius 1 is 1.08 bits per heavy atom. The third-order valence-corrected chi connectivity index (χ3v) is 8.04. The van der Waals surface area contributed by atoms with E-state index in [-0.39, 0.29) is 33.6 Å². The Kier molecular flexibility index (Phi) is 5.33. The van der Waals surface area contributed by atoms with Crippen molar-refractivity contribution in [3.05, 3.63) is 63.9 Å². The minimum Gasteiger partial charge on any atom is -0.361 e. The molecule has 0 saturated heterocycles. The number of amides is 1. The van der Waals surface area contributed by atoms with Crippen LogP contribution in [-0.4, -0.2) is 33.7 Å². The van der Waals surface area contributed by atoms with Gasteiger partial charge in [-0.2, -0.15) is 13.2 Å². The monoisotopic (exact) mass is 518 g/mol. The lowest BCUT2D eigenvalue weighted by molar-refractivity contribution is -0.115. The summed E-state index contributed by atoms with van der Waals surface area (Å²) < 4.78 is 67.6. The molecule has 1 aromatic carbocycles. The van der Waals surface area contributed by atoms with Gasteiger partial charge in [-0.15, -0.1) is 0 Å². The van der Waals surface area contributed by atoms with Crippen LogP contribution in [0.25, 0.3) is 16.7 Å². The van der Waals surface area contributed by atoms with Gasteiger partial charge in [0.05, 0.1) is 11.1 Å². The lowest BCUT2D eigenvalue weighted by Gasteiger charge is -2.39. The summed E-state index contributed by atoms with van der Waals surface area (Å²) in [6, 6.07) is 5.19. The SMILES string of the molecule is O=C(NC12CC3CC(C1)C(C3)C2)c1cn(-c2ccc(F)cc2F)c2nc(NCC(F)(F)F)ccc2c1=O. The van der Waals surface area contributed by atoms with E-state index in [1.54, 1.807) is 0 Å². The van der Waals surface area contributed by atoms with E-state index in [0.717, 1.165) is 42.2 Å². The quantitative estimate of drug-likeness (QED) is 0.469. The molecule has 2 atom stereocenters. The van der Waals surface area contributed by atoms with Gasteiger partial charge < -0.3 is 10.6 Å². The van der Waals surface area contributed by atoms with Crippen LogP contribution in [0.15, 0.2) is 41.3 Å². The number of alkyl halides is 3. The number of aromatic nitrogens is 2. The van der Waals surface area contributed by atoms with Crippen LogP contribution in [0.3, 0.4) is 0 Å². The molecule has 37 heavy (non-hydrogen) atoms. The summed E-state index contributed by atoms with van der Waals surface area (Å²) in [5.41, 5.74) is -1.67. The molecule has 1 amide bonds. The Labute approximate surface area is 207 Å². The van der Waals surface area contributed by atoms with Crippen molar-refractivity contribution in [2.75, 3.05) is 11.9 Å². The summed E-state index contributed by atoms with van der Waals surface area (Å²) in [4.78, 5) is 30.9. The summed E-state index contributed by atoms with van der Waals surface area (Å²) in [7, 11) is 0. The van der Waals surface area contributed by atoms with Crippen molar-refractivity contribution in [3.8, 4) is 5.69 Å². The van der Waals surface area contributed by atoms with Gasteiger partial charge in [0.15, 0.2) is 5.65 Å². The number of rotatable bonds is 5. The highest BCUT2D eigenvalue weighted by molar-refractivity contribution is 5.97. The molecular weight excluding hydrogens is 495 g/mol. The number of fused-ring (bicyclic) bond motifs is 1. The van der Waals surface area contributed by atoms with Crippen molar-refractivity contribution < 1.29 is 26.7 Å². The molecule has 2 N–H and O–H groups in total. The Bertz CT molecular complexity index is 1460. The minimum absolute atomic E-state index is 0.0813. The Hall–Kier alpha value is -3.50. The fourth-order valence-electron chi connectivity index (χ4n) is 6.79. The van der Waals surface area contributed by atoms with Gasteiger partial charge in [-0.05, 0) is 74.1 Å². The second-order valence-electron chi connectivity index (χ2n) is 10.6. The van der Waals surface area contributed by atoms with Crippen LogP contribution in [-0.2, 0) is 0 Å². The zero-order valence-corrected chi connectivity index (χ0v) is 19.5. The van der Waals surface area contributed by atoms with E-state index in [0.29, 0.717) is 23.8 Å². The zero-order valence-electron chi connectivity index (χ0n) is 19.5. The lowest BCUT2D eigenvalue weighted by Crippen LogP contribution is -2.51. The van der Waals surface area contributed by atoms with Crippen molar-refractivity contribution in [3.63, 3.8) is 0 Å². The summed E-state index contributed by atoms with van der Waals surface area (Å²) in [6.07, 6.45) is 1.55. The summed E-state index contributed by atoms with van der Waals surface area (Å²) in [5.74, 6) is -0.905. The fourth-order valence-corrected chi connectivity index (χ4v) is 6.79. The molecule has 3 aromatic rings. The molecular formula is C26H23F5N4O2. The van der Waals surface area contributed by atoms with Crippen LogP contribution in [0.4, 0.5) is 27.8 Å². The topological polar surface area (TPSA) is 76.0 Å². The van der Waals surface area contributed by atoms with Crippen LogP contribution in [0, 0.1) is 29.4 Å². The van der Waals surface area contributed by atoms with E-state index in [1.165, 1.54) is 25.0 Å². The number of nitrogens with zero attached hydrogens (tertiary/aromatic N) is 2. The third kappa shape index (κ3) is 4.23. The van der Waals surface area contributed by atoms with Gasteiger partial charge in [0.1, 0.15) is 29.6 Å². The second kappa shape index (κ2) is 8.26. The van der Waals surface area contributed by atoms with Crippen LogP contribution in [0.2, 0.25) is 0 Å². The number of anilines is 1. The van der Waals surface area contributed by atoms with Crippen molar-refractivity contribution in [1.29, 1.82) is 0 Å². The zero-order chi connectivity index (χ0) is 26.1. The average Bonchev–Trinajstić information content (AvgIpc) is 3.23. The van der Waals surface area contributed by atoms with Crippen LogP contribution >= 0.6 is 0 Å². The van der Waals surface area contributed by atoms with Crippen LogP contribution < -0.4 is 16.1 Å². The molecule has 4 aliphatic rings. The van der Waals surface area contributed by atoms with E-state index in [1.807, 2.05) is 0 Å². The Balaban J connectivity index is 1.44. The fraction of sp³-hybridized carbons (Fsp3) is 0.423. The van der Waals surface area contributed by atoms with E-state index in [4.69, 9.17) is 0 Å². The van der Waals surface area contributed by atoms with Gasteiger partial charge >= 0.3 is 6.18 Å². The highest BCUT2D eigenvalue weighted by Gasteiger charge is 2.56. The average molecular weight is 518 g/mol. The molecule has 4 fully saturated rings. The number of pyridine rings is 2. The summed E-state index contributed by atoms with van der Waals surface area (Å²) >= 11 is 0. The maximum atomic E-state index is 14.8. The van der Waals surface area contributed by atoms with E-state index in [2.05, 4.69) is 15.6 Å². The number of nitrogens with one attached hydrogen (secondary N) is 2. The predicted octanol–water partition coefficient (Wildman–Crippen LogP) is 4.95. The first-order valence-electron chi connectivity index (χ1n) is 12.2. The van der Waals surface area contributed by atoms with Gasteiger partial charge in [0, 0.05) is 17.8 Å². The first-order valence-corrected chi connectivity index (χ1v) is 12.2. The first kappa shape index (κ1) is 23.9. The largest absolute Gasteiger partial charge is 0.405 e. The summed E-state index contributed by atoms with van der Waals surface area (Å²) in [5, 5.41) is 5.14. The maximum absolute atomic E-state index is 14.8. The molecule has 6 nitrogen and oxygen atoms in total. The van der Waals surface area contributed by atoms with Gasteiger partial charge in [-0.25, -0.2) is 13.8 Å². The third-order valence-electron chi connectivity index (χ3n) is 8.04. The highest BCUT2D eigenvalue weighted by Crippen LogP contribution is 2.59. The molecule has 2 heterocycles. The first-order chi connectivity index (χ1) is 17.5. The molecule has 194 valence electrons. The van der Waals surface area contributed by atoms with Crippen molar-refractivity contribution in [1.82, 2.24) is 14.9 Å². The number of hydrogen-bond acceptors (Lipinski definition) is 4. The summed E-state index contributed by atoms with van der Waals surface area (Å²) in [6.45, 7) is -1.37. The molecule has 4 aliphatic carbocycles. The molecule has 0 radical (unpaired) electrons.